The van der Waals surface area contributed by atoms with E-state index in [-0.39, 0.29) is 22.4 Å². The van der Waals surface area contributed by atoms with Crippen LogP contribution in [0.3, 0.4) is 0 Å². The second-order valence-corrected chi connectivity index (χ2v) is 7.61. The van der Waals surface area contributed by atoms with Gasteiger partial charge in [-0.25, -0.2) is 13.1 Å². The maximum Gasteiger partial charge on any atom is 0.244 e. The molecular formula is C13H20N2O4S2. The molecule has 118 valence electrons. The lowest BCUT2D eigenvalue weighted by Crippen LogP contribution is -2.38. The third-order valence-electron chi connectivity index (χ3n) is 3.29. The molecule has 2 rings (SSSR count). The van der Waals surface area contributed by atoms with Gasteiger partial charge in [0.05, 0.1) is 19.9 Å². The van der Waals surface area contributed by atoms with E-state index in [0.717, 1.165) is 24.3 Å². The molecule has 0 aliphatic carbocycles. The van der Waals surface area contributed by atoms with Crippen molar-refractivity contribution in [2.75, 3.05) is 31.5 Å². The fourth-order valence-corrected chi connectivity index (χ4v) is 4.85. The number of hydrogen-bond acceptors (Lipinski definition) is 6. The third-order valence-corrected chi connectivity index (χ3v) is 6.04. The second-order valence-electron chi connectivity index (χ2n) is 4.78. The first-order valence-electron chi connectivity index (χ1n) is 6.59. The van der Waals surface area contributed by atoms with E-state index in [0.29, 0.717) is 5.75 Å². The van der Waals surface area contributed by atoms with Crippen molar-refractivity contribution in [2.45, 2.75) is 23.8 Å². The summed E-state index contributed by atoms with van der Waals surface area (Å²) in [7, 11) is -0.788. The number of anilines is 1. The van der Waals surface area contributed by atoms with E-state index < -0.39 is 10.0 Å². The van der Waals surface area contributed by atoms with Gasteiger partial charge in [0, 0.05) is 17.9 Å². The lowest BCUT2D eigenvalue weighted by molar-refractivity contribution is 0.387. The summed E-state index contributed by atoms with van der Waals surface area (Å²) in [4.78, 5) is 0.0406. The van der Waals surface area contributed by atoms with Crippen molar-refractivity contribution >= 4 is 27.5 Å². The topological polar surface area (TPSA) is 90.6 Å². The summed E-state index contributed by atoms with van der Waals surface area (Å²) >= 11 is 1.76. The van der Waals surface area contributed by atoms with Gasteiger partial charge in [-0.1, -0.05) is 0 Å². The Labute approximate surface area is 129 Å². The Hall–Kier alpha value is -1.12. The van der Waals surface area contributed by atoms with Crippen LogP contribution in [0, 0.1) is 0 Å². The minimum atomic E-state index is -3.67. The molecule has 0 aromatic heterocycles. The number of sulfonamides is 1. The number of ether oxygens (including phenoxy) is 2. The standard InChI is InChI=1S/C13H20N2O4S2/c1-18-11-7-12(19-2)13(6-10(11)14)21(16,17)15-9-4-3-5-20-8-9/h6-7,9,15H,3-5,8,14H2,1-2H3. The molecule has 0 radical (unpaired) electrons. The van der Waals surface area contributed by atoms with E-state index in [1.165, 1.54) is 26.4 Å². The van der Waals surface area contributed by atoms with Crippen molar-refractivity contribution in [3.63, 3.8) is 0 Å². The fraction of sp³-hybridized carbons (Fsp3) is 0.538. The number of nitrogens with two attached hydrogens (primary N) is 1. The predicted octanol–water partition coefficient (Wildman–Crippen LogP) is 1.46. The van der Waals surface area contributed by atoms with Gasteiger partial charge < -0.3 is 15.2 Å². The minimum absolute atomic E-state index is 0.0406. The van der Waals surface area contributed by atoms with Crippen molar-refractivity contribution in [3.8, 4) is 11.5 Å². The molecule has 1 atom stereocenters. The summed E-state index contributed by atoms with van der Waals surface area (Å²) in [5, 5.41) is 0. The molecule has 8 heteroatoms. The highest BCUT2D eigenvalue weighted by atomic mass is 32.2. The number of thioether (sulfide) groups is 1. The van der Waals surface area contributed by atoms with Gasteiger partial charge >= 0.3 is 0 Å². The second kappa shape index (κ2) is 6.76. The lowest BCUT2D eigenvalue weighted by Gasteiger charge is -2.23. The number of hydrogen-bond donors (Lipinski definition) is 2. The first kappa shape index (κ1) is 16.3. The molecule has 1 aromatic carbocycles. The monoisotopic (exact) mass is 332 g/mol. The molecule has 3 N–H and O–H groups in total. The van der Waals surface area contributed by atoms with E-state index in [1.54, 1.807) is 11.8 Å². The van der Waals surface area contributed by atoms with Crippen LogP contribution in [0.15, 0.2) is 17.0 Å². The summed E-state index contributed by atoms with van der Waals surface area (Å²) < 4.78 is 38.0. The Bertz CT molecular complexity index is 598. The normalized spacial score (nSPS) is 19.2. The van der Waals surface area contributed by atoms with Gasteiger partial charge in [-0.15, -0.1) is 0 Å². The zero-order valence-corrected chi connectivity index (χ0v) is 13.7. The Balaban J connectivity index is 2.32. The molecule has 1 saturated heterocycles. The summed E-state index contributed by atoms with van der Waals surface area (Å²) in [6.45, 7) is 0. The van der Waals surface area contributed by atoms with Crippen LogP contribution >= 0.6 is 11.8 Å². The molecule has 1 aliphatic heterocycles. The Kier molecular flexibility index (Phi) is 5.23. The maximum absolute atomic E-state index is 12.5. The molecule has 1 aliphatic rings. The highest BCUT2D eigenvalue weighted by Crippen LogP contribution is 2.34. The van der Waals surface area contributed by atoms with E-state index in [1.807, 2.05) is 0 Å². The van der Waals surface area contributed by atoms with Crippen LogP contribution in [0.2, 0.25) is 0 Å². The van der Waals surface area contributed by atoms with E-state index in [2.05, 4.69) is 4.72 Å². The Morgan fingerprint density at radius 1 is 1.29 bits per heavy atom. The molecule has 1 fully saturated rings. The zero-order valence-electron chi connectivity index (χ0n) is 12.1. The highest BCUT2D eigenvalue weighted by Gasteiger charge is 2.26. The predicted molar refractivity (Wildman–Crippen MR) is 84.6 cm³/mol. The average molecular weight is 332 g/mol. The van der Waals surface area contributed by atoms with Gasteiger partial charge in [-0.3, -0.25) is 0 Å². The van der Waals surface area contributed by atoms with Gasteiger partial charge in [0.15, 0.2) is 0 Å². The molecule has 0 amide bonds. The number of nitrogens with one attached hydrogen (secondary N) is 1. The smallest absolute Gasteiger partial charge is 0.244 e. The van der Waals surface area contributed by atoms with Crippen LogP contribution in [0.1, 0.15) is 12.8 Å². The number of methoxy groups -OCH3 is 2. The van der Waals surface area contributed by atoms with Crippen molar-refractivity contribution in [1.29, 1.82) is 0 Å². The molecular weight excluding hydrogens is 312 g/mol. The number of benzene rings is 1. The van der Waals surface area contributed by atoms with Crippen LogP contribution in [-0.2, 0) is 10.0 Å². The molecule has 0 saturated carbocycles. The molecule has 21 heavy (non-hydrogen) atoms. The minimum Gasteiger partial charge on any atom is -0.495 e. The summed E-state index contributed by atoms with van der Waals surface area (Å²) in [5.74, 6) is 2.47. The van der Waals surface area contributed by atoms with E-state index in [9.17, 15) is 8.42 Å². The van der Waals surface area contributed by atoms with Crippen molar-refractivity contribution in [3.05, 3.63) is 12.1 Å². The van der Waals surface area contributed by atoms with Crippen molar-refractivity contribution < 1.29 is 17.9 Å². The number of rotatable bonds is 5. The molecule has 1 heterocycles. The first-order chi connectivity index (χ1) is 9.97. The number of nitrogen functional groups attached to an aromatic ring is 1. The Morgan fingerprint density at radius 3 is 2.57 bits per heavy atom. The third kappa shape index (κ3) is 3.75. The van der Waals surface area contributed by atoms with E-state index in [4.69, 9.17) is 15.2 Å². The largest absolute Gasteiger partial charge is 0.495 e. The average Bonchev–Trinajstić information content (AvgIpc) is 2.47. The van der Waals surface area contributed by atoms with Crippen LogP contribution in [0.25, 0.3) is 0 Å². The van der Waals surface area contributed by atoms with Crippen molar-refractivity contribution in [2.24, 2.45) is 0 Å². The van der Waals surface area contributed by atoms with Crippen molar-refractivity contribution in [1.82, 2.24) is 4.72 Å². The van der Waals surface area contributed by atoms with E-state index >= 15 is 0 Å². The van der Waals surface area contributed by atoms with Gasteiger partial charge in [-0.2, -0.15) is 11.8 Å². The summed E-state index contributed by atoms with van der Waals surface area (Å²) in [6, 6.07) is 2.80. The maximum atomic E-state index is 12.5. The zero-order chi connectivity index (χ0) is 15.5. The quantitative estimate of drug-likeness (QED) is 0.793. The van der Waals surface area contributed by atoms with Crippen LogP contribution in [0.4, 0.5) is 5.69 Å². The first-order valence-corrected chi connectivity index (χ1v) is 9.23. The van der Waals surface area contributed by atoms with Gasteiger partial charge in [0.2, 0.25) is 10.0 Å². The molecule has 0 bridgehead atoms. The van der Waals surface area contributed by atoms with Gasteiger partial charge in [0.1, 0.15) is 16.4 Å². The van der Waals surface area contributed by atoms with Crippen LogP contribution < -0.4 is 19.9 Å². The van der Waals surface area contributed by atoms with Crippen LogP contribution in [-0.4, -0.2) is 40.2 Å². The van der Waals surface area contributed by atoms with Crippen LogP contribution in [0.5, 0.6) is 11.5 Å². The van der Waals surface area contributed by atoms with Gasteiger partial charge in [0.25, 0.3) is 0 Å². The molecule has 0 spiro atoms. The van der Waals surface area contributed by atoms with Gasteiger partial charge in [-0.05, 0) is 24.7 Å². The Morgan fingerprint density at radius 2 is 2.00 bits per heavy atom. The summed E-state index contributed by atoms with van der Waals surface area (Å²) in [5.41, 5.74) is 6.07. The summed E-state index contributed by atoms with van der Waals surface area (Å²) in [6.07, 6.45) is 1.86. The lowest BCUT2D eigenvalue weighted by atomic mass is 10.2. The highest BCUT2D eigenvalue weighted by molar-refractivity contribution is 7.99. The SMILES string of the molecule is COc1cc(OC)c(S(=O)(=O)NC2CCCSC2)cc1N. The molecule has 1 aromatic rings. The molecule has 1 unspecified atom stereocenters. The molecule has 6 nitrogen and oxygen atoms in total. The fourth-order valence-electron chi connectivity index (χ4n) is 2.22.